The second kappa shape index (κ2) is 5.53. The standard InChI is InChI=1S/C13H20N4OS/c1-2-11-15-13(17-16-11)19-7-12(18)14-10-6-8-3-4-9(10)5-8/h8-10H,2-7H2,1H3,(H,14,18)(H,15,16,17)/t8-,9-,10+/m0/s1. The highest BCUT2D eigenvalue weighted by Crippen LogP contribution is 2.44. The molecule has 6 heteroatoms. The van der Waals surface area contributed by atoms with E-state index in [9.17, 15) is 4.79 Å². The number of aromatic amines is 1. The molecule has 3 atom stereocenters. The number of nitrogens with one attached hydrogen (secondary N) is 2. The van der Waals surface area contributed by atoms with E-state index in [4.69, 9.17) is 0 Å². The van der Waals surface area contributed by atoms with Crippen molar-refractivity contribution in [2.75, 3.05) is 5.75 Å². The van der Waals surface area contributed by atoms with Gasteiger partial charge in [-0.2, -0.15) is 0 Å². The first kappa shape index (κ1) is 13.0. The van der Waals surface area contributed by atoms with Crippen molar-refractivity contribution in [2.45, 2.75) is 50.2 Å². The maximum atomic E-state index is 11.9. The minimum Gasteiger partial charge on any atom is -0.352 e. The zero-order valence-corrected chi connectivity index (χ0v) is 12.0. The van der Waals surface area contributed by atoms with Crippen molar-refractivity contribution < 1.29 is 4.79 Å². The molecule has 0 spiro atoms. The lowest BCUT2D eigenvalue weighted by Gasteiger charge is -2.22. The van der Waals surface area contributed by atoms with Crippen LogP contribution in [0.5, 0.6) is 0 Å². The fourth-order valence-electron chi connectivity index (χ4n) is 3.30. The third-order valence-corrected chi connectivity index (χ3v) is 5.11. The third kappa shape index (κ3) is 2.94. The van der Waals surface area contributed by atoms with E-state index in [1.165, 1.54) is 37.4 Å². The Morgan fingerprint density at radius 3 is 3.00 bits per heavy atom. The summed E-state index contributed by atoms with van der Waals surface area (Å²) < 4.78 is 0. The number of aromatic nitrogens is 3. The number of hydrogen-bond acceptors (Lipinski definition) is 4. The molecule has 0 aromatic carbocycles. The van der Waals surface area contributed by atoms with Crippen molar-refractivity contribution in [1.29, 1.82) is 0 Å². The monoisotopic (exact) mass is 280 g/mol. The van der Waals surface area contributed by atoms with Crippen LogP contribution in [-0.2, 0) is 11.2 Å². The number of aryl methyl sites for hydroxylation is 1. The van der Waals surface area contributed by atoms with Crippen LogP contribution >= 0.6 is 11.8 Å². The highest BCUT2D eigenvalue weighted by molar-refractivity contribution is 7.99. The highest BCUT2D eigenvalue weighted by Gasteiger charge is 2.39. The summed E-state index contributed by atoms with van der Waals surface area (Å²) in [5, 5.41) is 10.8. The number of thioether (sulfide) groups is 1. The van der Waals surface area contributed by atoms with Crippen molar-refractivity contribution in [2.24, 2.45) is 11.8 Å². The number of carbonyl (C=O) groups is 1. The number of nitrogens with zero attached hydrogens (tertiary/aromatic N) is 2. The van der Waals surface area contributed by atoms with Crippen molar-refractivity contribution in [3.63, 3.8) is 0 Å². The van der Waals surface area contributed by atoms with Crippen molar-refractivity contribution >= 4 is 17.7 Å². The second-order valence-corrected chi connectivity index (χ2v) is 6.50. The molecule has 2 aliphatic rings. The van der Waals surface area contributed by atoms with Gasteiger partial charge in [0.2, 0.25) is 11.1 Å². The van der Waals surface area contributed by atoms with Gasteiger partial charge in [-0.15, -0.1) is 5.10 Å². The number of fused-ring (bicyclic) bond motifs is 2. The summed E-state index contributed by atoms with van der Waals surface area (Å²) in [6.45, 7) is 2.02. The van der Waals surface area contributed by atoms with Gasteiger partial charge in [-0.05, 0) is 31.1 Å². The Bertz CT molecular complexity index is 461. The van der Waals surface area contributed by atoms with Gasteiger partial charge in [-0.25, -0.2) is 4.98 Å². The molecule has 0 saturated heterocycles. The largest absolute Gasteiger partial charge is 0.352 e. The molecule has 1 aromatic rings. The van der Waals surface area contributed by atoms with Crippen LogP contribution in [0.2, 0.25) is 0 Å². The van der Waals surface area contributed by atoms with Crippen LogP contribution in [-0.4, -0.2) is 32.9 Å². The average Bonchev–Trinajstić information content (AvgIpc) is 3.12. The maximum absolute atomic E-state index is 11.9. The van der Waals surface area contributed by atoms with Gasteiger partial charge in [0.15, 0.2) is 0 Å². The zero-order valence-electron chi connectivity index (χ0n) is 11.2. The van der Waals surface area contributed by atoms with Gasteiger partial charge in [-0.1, -0.05) is 25.1 Å². The van der Waals surface area contributed by atoms with Gasteiger partial charge in [0, 0.05) is 12.5 Å². The van der Waals surface area contributed by atoms with Crippen molar-refractivity contribution in [3.8, 4) is 0 Å². The molecule has 2 bridgehead atoms. The number of rotatable bonds is 5. The molecule has 1 amide bonds. The quantitative estimate of drug-likeness (QED) is 0.806. The molecule has 2 fully saturated rings. The van der Waals surface area contributed by atoms with Gasteiger partial charge in [-0.3, -0.25) is 9.89 Å². The predicted molar refractivity (Wildman–Crippen MR) is 73.9 cm³/mol. The van der Waals surface area contributed by atoms with Gasteiger partial charge >= 0.3 is 0 Å². The lowest BCUT2D eigenvalue weighted by atomic mass is 9.95. The molecular weight excluding hydrogens is 260 g/mol. The number of hydrogen-bond donors (Lipinski definition) is 2. The Balaban J connectivity index is 1.44. The van der Waals surface area contributed by atoms with Gasteiger partial charge in [0.25, 0.3) is 0 Å². The molecule has 2 N–H and O–H groups in total. The van der Waals surface area contributed by atoms with E-state index >= 15 is 0 Å². The van der Waals surface area contributed by atoms with E-state index in [1.54, 1.807) is 0 Å². The van der Waals surface area contributed by atoms with E-state index in [1.807, 2.05) is 6.92 Å². The summed E-state index contributed by atoms with van der Waals surface area (Å²) in [5.74, 6) is 2.99. The minimum atomic E-state index is 0.116. The molecule has 0 aliphatic heterocycles. The van der Waals surface area contributed by atoms with Crippen LogP contribution in [0.4, 0.5) is 0 Å². The summed E-state index contributed by atoms with van der Waals surface area (Å²) in [5.41, 5.74) is 0. The highest BCUT2D eigenvalue weighted by atomic mass is 32.2. The topological polar surface area (TPSA) is 70.7 Å². The molecule has 2 saturated carbocycles. The van der Waals surface area contributed by atoms with Gasteiger partial charge < -0.3 is 5.32 Å². The van der Waals surface area contributed by atoms with E-state index in [-0.39, 0.29) is 5.91 Å². The van der Waals surface area contributed by atoms with Crippen LogP contribution in [0.1, 0.15) is 38.4 Å². The Labute approximate surface area is 117 Å². The molecule has 0 unspecified atom stereocenters. The number of amides is 1. The second-order valence-electron chi connectivity index (χ2n) is 5.56. The molecule has 2 aliphatic carbocycles. The normalized spacial score (nSPS) is 28.8. The number of H-pyrrole nitrogens is 1. The van der Waals surface area contributed by atoms with Crippen LogP contribution in [0.3, 0.4) is 0 Å². The van der Waals surface area contributed by atoms with Crippen LogP contribution in [0, 0.1) is 11.8 Å². The maximum Gasteiger partial charge on any atom is 0.230 e. The molecule has 104 valence electrons. The van der Waals surface area contributed by atoms with Gasteiger partial charge in [0.05, 0.1) is 5.75 Å². The van der Waals surface area contributed by atoms with Gasteiger partial charge in [0.1, 0.15) is 5.82 Å². The first-order chi connectivity index (χ1) is 9.24. The van der Waals surface area contributed by atoms with E-state index in [0.717, 1.165) is 24.1 Å². The molecular formula is C13H20N4OS. The SMILES string of the molecule is CCc1nc(SCC(=O)N[C@@H]2C[C@H]3CC[C@H]2C3)n[nH]1. The smallest absolute Gasteiger partial charge is 0.230 e. The fraction of sp³-hybridized carbons (Fsp3) is 0.769. The number of carbonyl (C=O) groups excluding carboxylic acids is 1. The molecule has 3 rings (SSSR count). The summed E-state index contributed by atoms with van der Waals surface area (Å²) in [6, 6.07) is 0.421. The summed E-state index contributed by atoms with van der Waals surface area (Å²) >= 11 is 1.40. The van der Waals surface area contributed by atoms with E-state index in [0.29, 0.717) is 17.0 Å². The van der Waals surface area contributed by atoms with Crippen LogP contribution < -0.4 is 5.32 Å². The minimum absolute atomic E-state index is 0.116. The lowest BCUT2D eigenvalue weighted by molar-refractivity contribution is -0.119. The lowest BCUT2D eigenvalue weighted by Crippen LogP contribution is -2.39. The summed E-state index contributed by atoms with van der Waals surface area (Å²) in [4.78, 5) is 16.2. The predicted octanol–water partition coefficient (Wildman–Crippen LogP) is 1.76. The molecule has 19 heavy (non-hydrogen) atoms. The Hall–Kier alpha value is -1.04. The summed E-state index contributed by atoms with van der Waals surface area (Å²) in [7, 11) is 0. The third-order valence-electron chi connectivity index (χ3n) is 4.26. The Morgan fingerprint density at radius 1 is 1.47 bits per heavy atom. The Kier molecular flexibility index (Phi) is 3.77. The molecule has 1 heterocycles. The van der Waals surface area contributed by atoms with Crippen LogP contribution in [0.25, 0.3) is 0 Å². The first-order valence-electron chi connectivity index (χ1n) is 7.08. The van der Waals surface area contributed by atoms with Crippen molar-refractivity contribution in [1.82, 2.24) is 20.5 Å². The molecule has 1 aromatic heterocycles. The zero-order chi connectivity index (χ0) is 13.2. The van der Waals surface area contributed by atoms with E-state index < -0.39 is 0 Å². The summed E-state index contributed by atoms with van der Waals surface area (Å²) in [6.07, 6.45) is 6.00. The Morgan fingerprint density at radius 2 is 2.37 bits per heavy atom. The molecule has 0 radical (unpaired) electrons. The van der Waals surface area contributed by atoms with E-state index in [2.05, 4.69) is 20.5 Å². The van der Waals surface area contributed by atoms with Crippen molar-refractivity contribution in [3.05, 3.63) is 5.82 Å². The average molecular weight is 280 g/mol. The molecule has 5 nitrogen and oxygen atoms in total. The first-order valence-corrected chi connectivity index (χ1v) is 8.06. The fourth-order valence-corrected chi connectivity index (χ4v) is 3.93. The van der Waals surface area contributed by atoms with Crippen LogP contribution in [0.15, 0.2) is 5.16 Å².